The zero-order chi connectivity index (χ0) is 39.6. The van der Waals surface area contributed by atoms with Gasteiger partial charge in [0.2, 0.25) is 0 Å². The number of guanidine groups is 1. The van der Waals surface area contributed by atoms with Gasteiger partial charge in [-0.25, -0.2) is 27.9 Å². The van der Waals surface area contributed by atoms with E-state index in [9.17, 15) is 40.3 Å². The first-order valence-corrected chi connectivity index (χ1v) is 16.8. The van der Waals surface area contributed by atoms with Gasteiger partial charge in [-0.1, -0.05) is 50.6 Å². The summed E-state index contributed by atoms with van der Waals surface area (Å²) in [6, 6.07) is 9.08. The second-order valence-electron chi connectivity index (χ2n) is 13.6. The number of hydrogen-bond acceptors (Lipinski definition) is 7. The number of alkyl halides is 7. The number of ether oxygens (including phenoxy) is 1. The quantitative estimate of drug-likeness (QED) is 0.0749. The summed E-state index contributed by atoms with van der Waals surface area (Å²) in [5, 5.41) is 21.1. The van der Waals surface area contributed by atoms with Gasteiger partial charge in [0.15, 0.2) is 11.8 Å². The van der Waals surface area contributed by atoms with Crippen LogP contribution in [0.3, 0.4) is 0 Å². The molecule has 2 heterocycles. The highest BCUT2D eigenvalue weighted by Crippen LogP contribution is 2.49. The Morgan fingerprint density at radius 1 is 1.04 bits per heavy atom. The Bertz CT molecular complexity index is 1970. The second kappa shape index (κ2) is 15.6. The predicted octanol–water partition coefficient (Wildman–Crippen LogP) is 8.08. The molecule has 54 heavy (non-hydrogen) atoms. The van der Waals surface area contributed by atoms with Crippen LogP contribution in [0.1, 0.15) is 80.8 Å². The Labute approximate surface area is 309 Å². The Hall–Kier alpha value is -5.20. The number of benzene rings is 2. The topological polar surface area (TPSA) is 143 Å². The number of aromatic nitrogens is 5. The van der Waals surface area contributed by atoms with Gasteiger partial charge < -0.3 is 15.4 Å². The molecule has 3 N–H and O–H groups in total. The van der Waals surface area contributed by atoms with Crippen molar-refractivity contribution in [2.45, 2.75) is 70.8 Å². The lowest BCUT2D eigenvalue weighted by Gasteiger charge is -2.33. The minimum absolute atomic E-state index is 0.0445. The van der Waals surface area contributed by atoms with Crippen LogP contribution in [0.5, 0.6) is 0 Å². The molecule has 290 valence electrons. The van der Waals surface area contributed by atoms with E-state index in [4.69, 9.17) is 21.7 Å². The molecular weight excluding hydrogens is 751 g/mol. The van der Waals surface area contributed by atoms with Crippen LogP contribution < -0.4 is 10.6 Å². The number of hydrogen-bond donors (Lipinski definition) is 3. The van der Waals surface area contributed by atoms with Gasteiger partial charge in [0.05, 0.1) is 22.4 Å². The van der Waals surface area contributed by atoms with Crippen LogP contribution >= 0.6 is 11.6 Å². The number of amides is 2. The third kappa shape index (κ3) is 8.94. The molecule has 0 bridgehead atoms. The highest BCUT2D eigenvalue weighted by atomic mass is 35.5. The van der Waals surface area contributed by atoms with Gasteiger partial charge in [0, 0.05) is 23.9 Å². The summed E-state index contributed by atoms with van der Waals surface area (Å²) in [6.07, 6.45) is -7.50. The zero-order valence-electron chi connectivity index (χ0n) is 29.0. The smallest absolute Gasteiger partial charge is 0.411 e. The van der Waals surface area contributed by atoms with Crippen LogP contribution in [0, 0.1) is 10.8 Å². The van der Waals surface area contributed by atoms with E-state index in [0.717, 1.165) is 15.9 Å². The van der Waals surface area contributed by atoms with Gasteiger partial charge in [-0.15, -0.1) is 0 Å². The maximum Gasteiger partial charge on any atom is 0.411 e. The zero-order valence-corrected chi connectivity index (χ0v) is 29.7. The molecule has 4 aromatic rings. The summed E-state index contributed by atoms with van der Waals surface area (Å²) in [7, 11) is 0. The van der Waals surface area contributed by atoms with Gasteiger partial charge >= 0.3 is 18.8 Å². The Morgan fingerprint density at radius 2 is 1.72 bits per heavy atom. The lowest BCUT2D eigenvalue weighted by atomic mass is 9.92. The molecule has 0 radical (unpaired) electrons. The van der Waals surface area contributed by atoms with Gasteiger partial charge in [0.1, 0.15) is 18.5 Å². The van der Waals surface area contributed by atoms with Crippen molar-refractivity contribution in [3.8, 4) is 16.9 Å². The summed E-state index contributed by atoms with van der Waals surface area (Å²) in [5.74, 6) is -2.18. The summed E-state index contributed by atoms with van der Waals surface area (Å²) < 4.78 is 102. The summed E-state index contributed by atoms with van der Waals surface area (Å²) >= 11 is 6.39. The van der Waals surface area contributed by atoms with Crippen molar-refractivity contribution < 1.29 is 45.1 Å². The van der Waals surface area contributed by atoms with Gasteiger partial charge in [-0.2, -0.15) is 32.1 Å². The number of nitrogens with one attached hydrogen (secondary N) is 3. The molecule has 1 aliphatic rings. The molecule has 2 aromatic carbocycles. The molecule has 1 fully saturated rings. The third-order valence-electron chi connectivity index (χ3n) is 8.58. The van der Waals surface area contributed by atoms with Crippen molar-refractivity contribution in [1.82, 2.24) is 40.1 Å². The summed E-state index contributed by atoms with van der Waals surface area (Å²) in [6.45, 7) is 2.22. The van der Waals surface area contributed by atoms with Crippen molar-refractivity contribution in [3.05, 3.63) is 83.0 Å². The van der Waals surface area contributed by atoms with Crippen LogP contribution in [0.15, 0.2) is 61.1 Å². The normalized spacial score (nSPS) is 14.5. The molecule has 0 spiro atoms. The summed E-state index contributed by atoms with van der Waals surface area (Å²) in [4.78, 5) is 31.7. The standard InChI is InChI=1S/C34H35ClF7N9O3/c1-32(2,3)13-15-44-30(43)49(28(52)20-6-4-19(5-7-20)23-10-14-46-51(23)29(38)39)25(17-54-31(53)48-33(11-12-33)34(40,41)42)21-8-9-22(35)24(16-21)50-27(26(36)37)45-18-47-50/h4-10,14,16,18,25-26,29H,11-13,15,17H2,1-3H3,(H2,43,44)(H,48,53)/t25-/m1/s1. The van der Waals surface area contributed by atoms with Crippen LogP contribution in [0.25, 0.3) is 16.9 Å². The number of carbonyl (C=O) groups excluding carboxylic acids is 2. The molecule has 1 saturated carbocycles. The number of nitrogens with zero attached hydrogens (tertiary/aromatic N) is 6. The van der Waals surface area contributed by atoms with E-state index in [2.05, 4.69) is 20.5 Å². The van der Waals surface area contributed by atoms with E-state index in [1.54, 1.807) is 0 Å². The third-order valence-corrected chi connectivity index (χ3v) is 8.90. The summed E-state index contributed by atoms with van der Waals surface area (Å²) in [5.41, 5.74) is -2.54. The van der Waals surface area contributed by atoms with Crippen molar-refractivity contribution in [2.24, 2.45) is 5.41 Å². The molecule has 5 rings (SSSR count). The number of carbonyl (C=O) groups is 2. The average molecular weight is 786 g/mol. The minimum atomic E-state index is -4.77. The van der Waals surface area contributed by atoms with Crippen molar-refractivity contribution in [3.63, 3.8) is 0 Å². The maximum absolute atomic E-state index is 14.4. The van der Waals surface area contributed by atoms with Gasteiger partial charge in [-0.3, -0.25) is 15.1 Å². The number of rotatable bonds is 12. The maximum atomic E-state index is 14.4. The lowest BCUT2D eigenvalue weighted by Crippen LogP contribution is -2.50. The average Bonchev–Trinajstić information content (AvgIpc) is 3.47. The molecule has 1 atom stereocenters. The van der Waals surface area contributed by atoms with E-state index in [0.29, 0.717) is 11.1 Å². The largest absolute Gasteiger partial charge is 0.447 e. The first kappa shape index (κ1) is 40.0. The molecule has 1 aliphatic carbocycles. The molecular formula is C34H35ClF7N9O3. The van der Waals surface area contributed by atoms with Gasteiger partial charge in [-0.05, 0) is 60.6 Å². The van der Waals surface area contributed by atoms with Crippen LogP contribution in [-0.2, 0) is 4.74 Å². The molecule has 2 amide bonds. The molecule has 20 heteroatoms. The van der Waals surface area contributed by atoms with E-state index in [1.807, 2.05) is 26.1 Å². The van der Waals surface area contributed by atoms with E-state index < -0.39 is 61.1 Å². The first-order chi connectivity index (χ1) is 25.3. The molecule has 0 unspecified atom stereocenters. The van der Waals surface area contributed by atoms with Crippen molar-refractivity contribution in [1.29, 1.82) is 5.41 Å². The number of halogens is 8. The highest BCUT2D eigenvalue weighted by Gasteiger charge is 2.64. The molecule has 0 aliphatic heterocycles. The number of alkyl carbamates (subject to hydrolysis) is 1. The van der Waals surface area contributed by atoms with Crippen molar-refractivity contribution >= 4 is 29.6 Å². The Morgan fingerprint density at radius 3 is 2.31 bits per heavy atom. The van der Waals surface area contributed by atoms with E-state index in [1.165, 1.54) is 54.7 Å². The molecule has 2 aromatic heterocycles. The fraction of sp³-hybridized carbons (Fsp3) is 0.412. The Balaban J connectivity index is 1.57. The van der Waals surface area contributed by atoms with Crippen LogP contribution in [0.4, 0.5) is 35.5 Å². The molecule has 0 saturated heterocycles. The van der Waals surface area contributed by atoms with Gasteiger partial charge in [0.25, 0.3) is 12.3 Å². The minimum Gasteiger partial charge on any atom is -0.447 e. The monoisotopic (exact) mass is 785 g/mol. The highest BCUT2D eigenvalue weighted by molar-refractivity contribution is 6.32. The predicted molar refractivity (Wildman–Crippen MR) is 181 cm³/mol. The fourth-order valence-electron chi connectivity index (χ4n) is 5.46. The Kier molecular flexibility index (Phi) is 11.6. The van der Waals surface area contributed by atoms with Crippen LogP contribution in [0.2, 0.25) is 5.02 Å². The first-order valence-electron chi connectivity index (χ1n) is 16.4. The lowest BCUT2D eigenvalue weighted by molar-refractivity contribution is -0.164. The fourth-order valence-corrected chi connectivity index (χ4v) is 5.65. The van der Waals surface area contributed by atoms with Crippen molar-refractivity contribution in [2.75, 3.05) is 13.2 Å². The van der Waals surface area contributed by atoms with E-state index in [-0.39, 0.29) is 57.9 Å². The second-order valence-corrected chi connectivity index (χ2v) is 14.0. The van der Waals surface area contributed by atoms with Crippen LogP contribution in [-0.4, -0.2) is 72.3 Å². The molecule has 12 nitrogen and oxygen atoms in total. The SMILES string of the molecule is CC(C)(C)CCNC(=N)N(C(=O)c1ccc(-c2ccnn2C(F)F)cc1)[C@H](COC(=O)NC1(C(F)(F)F)CC1)c1ccc(Cl)c(-n2ncnc2C(F)F)c1. The van der Waals surface area contributed by atoms with E-state index >= 15 is 0 Å².